The van der Waals surface area contributed by atoms with Gasteiger partial charge in [-0.2, -0.15) is 0 Å². The van der Waals surface area contributed by atoms with Crippen molar-refractivity contribution < 1.29 is 21.9 Å². The van der Waals surface area contributed by atoms with Gasteiger partial charge in [-0.1, -0.05) is 89.5 Å². The molecule has 3 aromatic carbocycles. The van der Waals surface area contributed by atoms with E-state index in [0.29, 0.717) is 22.8 Å². The van der Waals surface area contributed by atoms with Gasteiger partial charge in [0, 0.05) is 33.2 Å². The van der Waals surface area contributed by atoms with Crippen molar-refractivity contribution in [1.82, 2.24) is 4.98 Å². The maximum absolute atomic E-state index is 12.5. The molecule has 1 aliphatic carbocycles. The number of carboxylic acids is 1. The van der Waals surface area contributed by atoms with Crippen LogP contribution in [-0.4, -0.2) is 26.9 Å². The number of rotatable bonds is 13. The van der Waals surface area contributed by atoms with Gasteiger partial charge in [0.2, 0.25) is 0 Å². The van der Waals surface area contributed by atoms with Crippen molar-refractivity contribution in [3.05, 3.63) is 109 Å². The quantitative estimate of drug-likeness (QED) is 0.142. The lowest BCUT2D eigenvalue weighted by molar-refractivity contribution is -0.138. The Balaban J connectivity index is 1.68. The van der Waals surface area contributed by atoms with E-state index in [1.807, 2.05) is 19.9 Å². The van der Waals surface area contributed by atoms with E-state index in [2.05, 4.69) is 93.5 Å². The molecule has 5 rings (SSSR count). The summed E-state index contributed by atoms with van der Waals surface area (Å²) in [5.74, 6) is -0.606. The van der Waals surface area contributed by atoms with Gasteiger partial charge in [0.05, 0.1) is 23.2 Å². The predicted molar refractivity (Wildman–Crippen MR) is 232 cm³/mol. The Bertz CT molecular complexity index is 2320. The fourth-order valence-electron chi connectivity index (χ4n) is 9.58. The zero-order chi connectivity index (χ0) is 44.6. The van der Waals surface area contributed by atoms with E-state index in [0.717, 1.165) is 68.0 Å². The van der Waals surface area contributed by atoms with Crippen molar-refractivity contribution in [2.75, 3.05) is 5.75 Å². The smallest absolute Gasteiger partial charge is 0.303 e. The summed E-state index contributed by atoms with van der Waals surface area (Å²) in [5.41, 5.74) is 7.18. The molecule has 0 saturated heterocycles. The Kier molecular flexibility index (Phi) is 9.65. The van der Waals surface area contributed by atoms with E-state index >= 15 is 0 Å². The van der Waals surface area contributed by atoms with Crippen LogP contribution in [0.1, 0.15) is 150 Å². The zero-order valence-electron chi connectivity index (χ0n) is 39.4. The van der Waals surface area contributed by atoms with Gasteiger partial charge >= 0.3 is 5.97 Å². The summed E-state index contributed by atoms with van der Waals surface area (Å²) in [7, 11) is 0. The molecule has 3 atom stereocenters. The molecule has 4 nitrogen and oxygen atoms in total. The molecule has 1 heterocycles. The summed E-state index contributed by atoms with van der Waals surface area (Å²) in [6.07, 6.45) is 0.143. The lowest BCUT2D eigenvalue weighted by Gasteiger charge is -2.38. The predicted octanol–water partition coefficient (Wildman–Crippen LogP) is 13.3. The Labute approximate surface area is 341 Å². The van der Waals surface area contributed by atoms with Crippen LogP contribution in [-0.2, 0) is 15.1 Å². The second kappa shape index (κ2) is 14.8. The first kappa shape index (κ1) is 35.3. The maximum Gasteiger partial charge on any atom is 0.303 e. The first-order chi connectivity index (χ1) is 26.9. The Hall–Kier alpha value is -3.12. The van der Waals surface area contributed by atoms with E-state index in [4.69, 9.17) is 23.4 Å². The van der Waals surface area contributed by atoms with Crippen molar-refractivity contribution >= 4 is 51.9 Å². The van der Waals surface area contributed by atoms with Gasteiger partial charge < -0.3 is 10.2 Å². The number of pyridine rings is 1. The van der Waals surface area contributed by atoms with Crippen LogP contribution in [0.5, 0.6) is 0 Å². The minimum atomic E-state index is -3.06. The number of aliphatic carboxylic acids is 1. The first-order valence-corrected chi connectivity index (χ1v) is 20.3. The van der Waals surface area contributed by atoms with Gasteiger partial charge in [-0.25, -0.2) is 4.98 Å². The first-order valence-electron chi connectivity index (χ1n) is 21.4. The second-order valence-corrected chi connectivity index (χ2v) is 19.1. The molecule has 1 saturated carbocycles. The fourth-order valence-corrected chi connectivity index (χ4v) is 12.0. The zero-order valence-corrected chi connectivity index (χ0v) is 36.0. The van der Waals surface area contributed by atoms with Crippen molar-refractivity contribution in [2.45, 2.75) is 132 Å². The summed E-state index contributed by atoms with van der Waals surface area (Å²) < 4.78 is 41.5. The third-order valence-corrected chi connectivity index (χ3v) is 15.8. The number of fused-ring (bicyclic) bond motifs is 1. The number of nitrogens with zero attached hydrogens (tertiary/aromatic N) is 1. The minimum Gasteiger partial charge on any atom is -0.481 e. The number of aromatic nitrogens is 1. The molecular weight excluding hydrogens is 706 g/mol. The molecule has 0 spiro atoms. The number of aliphatic hydroxyl groups is 1. The van der Waals surface area contributed by atoms with Crippen LogP contribution in [0, 0.1) is 50.9 Å². The number of halogens is 1. The average molecular weight is 774 g/mol. The highest BCUT2D eigenvalue weighted by Gasteiger charge is 2.76. The van der Waals surface area contributed by atoms with Gasteiger partial charge in [-0.05, 0) is 159 Å². The second-order valence-electron chi connectivity index (χ2n) is 17.2. The highest BCUT2D eigenvalue weighted by Crippen LogP contribution is 2.80. The Morgan fingerprint density at radius 3 is 2.24 bits per heavy atom. The van der Waals surface area contributed by atoms with Crippen molar-refractivity contribution in [2.24, 2.45) is 16.2 Å². The van der Waals surface area contributed by atoms with Gasteiger partial charge in [-0.3, -0.25) is 4.79 Å². The van der Waals surface area contributed by atoms with Crippen LogP contribution < -0.4 is 0 Å². The molecular formula is C48H62ClNO3S. The van der Waals surface area contributed by atoms with Crippen molar-refractivity contribution in [3.63, 3.8) is 0 Å². The molecule has 1 aliphatic rings. The highest BCUT2D eigenvalue weighted by atomic mass is 35.5. The lowest BCUT2D eigenvalue weighted by atomic mass is 9.78. The third-order valence-electron chi connectivity index (χ3n) is 13.7. The molecule has 0 amide bonds. The standard InChI is InChI=1S/C48H62ClNO3S/c1-15-46(13,53)38-19-17-16-18-36(38)31(5)25-47(14,54-27-48(26-41(51)52)44(9,10)45(48,11)12)37-21-20-28(2)42(34(37)8)29(3)22-35-23-30(4)43-33(7)32(6)39(49)24-40(43)50-35/h16-24,31,53H,15,25-27H2,1-14H3,(H,51,52)/b29-22+/t31?,46?,47-/m1/s1/i13D3,15D2. The summed E-state index contributed by atoms with van der Waals surface area (Å²) in [6, 6.07) is 15.1. The molecule has 2 unspecified atom stereocenters. The number of thioether (sulfide) groups is 1. The van der Waals surface area contributed by atoms with Crippen molar-refractivity contribution in [3.8, 4) is 0 Å². The van der Waals surface area contributed by atoms with E-state index in [1.165, 1.54) is 6.07 Å². The molecule has 2 N–H and O–H groups in total. The third kappa shape index (κ3) is 7.07. The van der Waals surface area contributed by atoms with E-state index in [1.54, 1.807) is 30.0 Å². The molecule has 1 fully saturated rings. The number of hydrogen-bond donors (Lipinski definition) is 2. The maximum atomic E-state index is 12.5. The molecule has 54 heavy (non-hydrogen) atoms. The molecule has 0 bridgehead atoms. The molecule has 1 aromatic heterocycles. The van der Waals surface area contributed by atoms with Crippen LogP contribution >= 0.6 is 23.4 Å². The number of hydrogen-bond acceptors (Lipinski definition) is 4. The number of carbonyl (C=O) groups is 1. The molecule has 0 aliphatic heterocycles. The van der Waals surface area contributed by atoms with Gasteiger partial charge in [0.1, 0.15) is 0 Å². The molecule has 6 heteroatoms. The van der Waals surface area contributed by atoms with Crippen LogP contribution in [0.25, 0.3) is 22.6 Å². The van der Waals surface area contributed by atoms with Crippen LogP contribution in [0.4, 0.5) is 0 Å². The van der Waals surface area contributed by atoms with E-state index < -0.39 is 35.0 Å². The van der Waals surface area contributed by atoms with Gasteiger partial charge in [-0.15, -0.1) is 11.8 Å². The normalized spacial score (nSPS) is 20.8. The summed E-state index contributed by atoms with van der Waals surface area (Å²) in [6.45, 7) is 23.4. The van der Waals surface area contributed by atoms with Crippen LogP contribution in [0.2, 0.25) is 5.02 Å². The number of allylic oxidation sites excluding steroid dienone is 1. The fraction of sp³-hybridized carbons (Fsp3) is 0.500. The topological polar surface area (TPSA) is 70.4 Å². The average Bonchev–Trinajstić information content (AvgIpc) is 3.43. The number of aryl methyl sites for hydroxylation is 3. The monoisotopic (exact) mass is 772 g/mol. The molecule has 4 aromatic rings. The van der Waals surface area contributed by atoms with E-state index in [-0.39, 0.29) is 28.7 Å². The summed E-state index contributed by atoms with van der Waals surface area (Å²) >= 11 is 8.36. The molecule has 0 radical (unpaired) electrons. The van der Waals surface area contributed by atoms with Crippen LogP contribution in [0.3, 0.4) is 0 Å². The van der Waals surface area contributed by atoms with Crippen molar-refractivity contribution in [1.29, 1.82) is 0 Å². The minimum absolute atomic E-state index is 0.0358. The summed E-state index contributed by atoms with van der Waals surface area (Å²) in [5, 5.41) is 23.9. The summed E-state index contributed by atoms with van der Waals surface area (Å²) in [4.78, 5) is 17.5. The number of carboxylic acid groups (broad SMARTS) is 1. The number of benzene rings is 3. The SMILES string of the molecule is [2H]C([2H])([2H])C(O)(c1ccccc1C(C)C[C@@](C)(SCC1(CC(=O)O)C(C)(C)C1(C)C)c1ccc(C)c(/C(C)=C/c2cc(C)c3c(C)c(C)c(Cl)cc3n2)c1C)C([2H])([2H])C. The van der Waals surface area contributed by atoms with Gasteiger partial charge in [0.25, 0.3) is 0 Å². The Morgan fingerprint density at radius 2 is 1.65 bits per heavy atom. The van der Waals surface area contributed by atoms with E-state index in [9.17, 15) is 15.0 Å². The highest BCUT2D eigenvalue weighted by molar-refractivity contribution is 8.00. The largest absolute Gasteiger partial charge is 0.481 e. The molecule has 290 valence electrons. The lowest BCUT2D eigenvalue weighted by Crippen LogP contribution is -2.28. The Morgan fingerprint density at radius 1 is 1.00 bits per heavy atom. The van der Waals surface area contributed by atoms with Gasteiger partial charge in [0.15, 0.2) is 0 Å². The van der Waals surface area contributed by atoms with Crippen LogP contribution in [0.15, 0.2) is 48.5 Å².